The first-order valence-electron chi connectivity index (χ1n) is 9.68. The number of hydrogen-bond donors (Lipinski definition) is 1. The summed E-state index contributed by atoms with van der Waals surface area (Å²) in [6, 6.07) is 14.6. The molecule has 160 valence electrons. The van der Waals surface area contributed by atoms with Gasteiger partial charge in [-0.05, 0) is 31.0 Å². The zero-order valence-electron chi connectivity index (χ0n) is 17.2. The molecule has 3 aromatic rings. The molecule has 1 aromatic heterocycles. The van der Waals surface area contributed by atoms with Crippen molar-refractivity contribution in [2.45, 2.75) is 20.3 Å². The molecule has 1 N–H and O–H groups in total. The largest absolute Gasteiger partial charge is 0.482 e. The second-order valence-electron chi connectivity index (χ2n) is 6.67. The number of amides is 1. The monoisotopic (exact) mass is 438 g/mol. The van der Waals surface area contributed by atoms with Crippen molar-refractivity contribution in [3.63, 3.8) is 0 Å². The Morgan fingerprint density at radius 2 is 1.84 bits per heavy atom. The number of thiazole rings is 1. The lowest BCUT2D eigenvalue weighted by Crippen LogP contribution is -2.23. The number of carbonyl (C=O) groups is 3. The van der Waals surface area contributed by atoms with Crippen LogP contribution in [0.5, 0.6) is 5.75 Å². The van der Waals surface area contributed by atoms with Crippen LogP contribution in [0.1, 0.15) is 29.8 Å². The summed E-state index contributed by atoms with van der Waals surface area (Å²) >= 11 is 1.29. The number of carbonyl (C=O) groups excluding carboxylic acids is 3. The standard InChI is InChI=1S/C23H22N2O5S/c1-3-16-7-9-17(10-8-16)20-14-31-23(24-20)25-21(27)12-30-22(28)13-29-19-6-4-5-18(11-19)15(2)26/h4-11,14H,3,12-13H2,1-2H3,(H,24,25,27). The van der Waals surface area contributed by atoms with Gasteiger partial charge in [-0.15, -0.1) is 11.3 Å². The summed E-state index contributed by atoms with van der Waals surface area (Å²) in [5.74, 6) is -0.919. The van der Waals surface area contributed by atoms with Crippen molar-refractivity contribution < 1.29 is 23.9 Å². The first-order chi connectivity index (χ1) is 14.9. The van der Waals surface area contributed by atoms with Gasteiger partial charge in [0.05, 0.1) is 5.69 Å². The first kappa shape index (κ1) is 22.2. The van der Waals surface area contributed by atoms with Gasteiger partial charge in [0.25, 0.3) is 5.91 Å². The van der Waals surface area contributed by atoms with Crippen molar-refractivity contribution in [1.29, 1.82) is 0 Å². The molecule has 0 saturated heterocycles. The summed E-state index contributed by atoms with van der Waals surface area (Å²) in [5, 5.41) is 4.89. The van der Waals surface area contributed by atoms with E-state index in [1.165, 1.54) is 29.9 Å². The van der Waals surface area contributed by atoms with Gasteiger partial charge in [0.15, 0.2) is 24.1 Å². The Hall–Kier alpha value is -3.52. The van der Waals surface area contributed by atoms with E-state index in [2.05, 4.69) is 17.2 Å². The molecule has 0 radical (unpaired) electrons. The van der Waals surface area contributed by atoms with E-state index < -0.39 is 18.5 Å². The van der Waals surface area contributed by atoms with Crippen LogP contribution in [0.15, 0.2) is 53.9 Å². The van der Waals surface area contributed by atoms with Crippen molar-refractivity contribution in [3.05, 3.63) is 65.0 Å². The molecule has 8 heteroatoms. The molecule has 2 aromatic carbocycles. The number of rotatable bonds is 9. The maximum atomic E-state index is 12.0. The number of benzene rings is 2. The summed E-state index contributed by atoms with van der Waals surface area (Å²) in [5.41, 5.74) is 3.45. The third-order valence-corrected chi connectivity index (χ3v) is 5.13. The molecule has 7 nitrogen and oxygen atoms in total. The molecule has 0 aliphatic heterocycles. The number of hydrogen-bond acceptors (Lipinski definition) is 7. The highest BCUT2D eigenvalue weighted by Gasteiger charge is 2.12. The van der Waals surface area contributed by atoms with Crippen molar-refractivity contribution >= 4 is 34.1 Å². The molecule has 3 rings (SSSR count). The van der Waals surface area contributed by atoms with Gasteiger partial charge in [0, 0.05) is 16.5 Å². The molecule has 31 heavy (non-hydrogen) atoms. The number of nitrogens with one attached hydrogen (secondary N) is 1. The van der Waals surface area contributed by atoms with Crippen LogP contribution in [0.3, 0.4) is 0 Å². The van der Waals surface area contributed by atoms with Gasteiger partial charge >= 0.3 is 5.97 Å². The van der Waals surface area contributed by atoms with E-state index in [1.807, 2.05) is 29.6 Å². The van der Waals surface area contributed by atoms with Crippen LogP contribution in [0.25, 0.3) is 11.3 Å². The summed E-state index contributed by atoms with van der Waals surface area (Å²) < 4.78 is 10.2. The third kappa shape index (κ3) is 6.48. The molecule has 0 aliphatic carbocycles. The van der Waals surface area contributed by atoms with E-state index in [-0.39, 0.29) is 12.4 Å². The predicted octanol–water partition coefficient (Wildman–Crippen LogP) is 4.14. The maximum Gasteiger partial charge on any atom is 0.344 e. The van der Waals surface area contributed by atoms with Crippen LogP contribution in [-0.4, -0.2) is 35.9 Å². The Labute approximate surface area is 184 Å². The summed E-state index contributed by atoms with van der Waals surface area (Å²) in [6.45, 7) is 2.72. The van der Waals surface area contributed by atoms with E-state index in [4.69, 9.17) is 9.47 Å². The number of nitrogens with zero attached hydrogens (tertiary/aromatic N) is 1. The number of aryl methyl sites for hydroxylation is 1. The second-order valence-corrected chi connectivity index (χ2v) is 7.53. The van der Waals surface area contributed by atoms with Crippen LogP contribution < -0.4 is 10.1 Å². The fourth-order valence-corrected chi connectivity index (χ4v) is 3.40. The van der Waals surface area contributed by atoms with Gasteiger partial charge in [-0.2, -0.15) is 0 Å². The lowest BCUT2D eigenvalue weighted by atomic mass is 10.1. The third-order valence-electron chi connectivity index (χ3n) is 4.37. The van der Waals surface area contributed by atoms with Gasteiger partial charge in [-0.25, -0.2) is 9.78 Å². The minimum absolute atomic E-state index is 0.104. The number of ketones is 1. The minimum atomic E-state index is -0.695. The average Bonchev–Trinajstić information content (AvgIpc) is 3.25. The van der Waals surface area contributed by atoms with Crippen LogP contribution >= 0.6 is 11.3 Å². The molecular formula is C23H22N2O5S. The number of aromatic nitrogens is 1. The fourth-order valence-electron chi connectivity index (χ4n) is 2.67. The van der Waals surface area contributed by atoms with Crippen LogP contribution in [-0.2, 0) is 20.7 Å². The molecule has 0 saturated carbocycles. The zero-order valence-corrected chi connectivity index (χ0v) is 18.0. The molecule has 0 aliphatic rings. The second kappa shape index (κ2) is 10.5. The smallest absolute Gasteiger partial charge is 0.344 e. The SMILES string of the molecule is CCc1ccc(-c2csc(NC(=O)COC(=O)COc3cccc(C(C)=O)c3)n2)cc1. The summed E-state index contributed by atoms with van der Waals surface area (Å²) in [4.78, 5) is 39.6. The molecule has 0 unspecified atom stereocenters. The van der Waals surface area contributed by atoms with E-state index in [1.54, 1.807) is 18.2 Å². The lowest BCUT2D eigenvalue weighted by Gasteiger charge is -2.07. The van der Waals surface area contributed by atoms with Gasteiger partial charge in [-0.1, -0.05) is 43.3 Å². The Kier molecular flexibility index (Phi) is 7.50. The molecule has 1 heterocycles. The Bertz CT molecular complexity index is 1080. The molecule has 1 amide bonds. The van der Waals surface area contributed by atoms with Crippen molar-refractivity contribution in [3.8, 4) is 17.0 Å². The van der Waals surface area contributed by atoms with Gasteiger partial charge in [0.2, 0.25) is 0 Å². The van der Waals surface area contributed by atoms with Gasteiger partial charge in [0.1, 0.15) is 5.75 Å². The topological polar surface area (TPSA) is 94.6 Å². The van der Waals surface area contributed by atoms with Crippen molar-refractivity contribution in [2.75, 3.05) is 18.5 Å². The fraction of sp³-hybridized carbons (Fsp3) is 0.217. The molecule has 0 spiro atoms. The van der Waals surface area contributed by atoms with E-state index in [9.17, 15) is 14.4 Å². The Morgan fingerprint density at radius 3 is 2.55 bits per heavy atom. The Morgan fingerprint density at radius 1 is 1.06 bits per heavy atom. The summed E-state index contributed by atoms with van der Waals surface area (Å²) in [7, 11) is 0. The number of ether oxygens (including phenoxy) is 2. The number of Topliss-reactive ketones (excluding diaryl/α,β-unsaturated/α-hetero) is 1. The maximum absolute atomic E-state index is 12.0. The molecule has 0 atom stereocenters. The average molecular weight is 439 g/mol. The summed E-state index contributed by atoms with van der Waals surface area (Å²) in [6.07, 6.45) is 0.965. The number of anilines is 1. The van der Waals surface area contributed by atoms with Gasteiger partial charge < -0.3 is 9.47 Å². The highest BCUT2D eigenvalue weighted by Crippen LogP contribution is 2.25. The minimum Gasteiger partial charge on any atom is -0.482 e. The van der Waals surface area contributed by atoms with Crippen LogP contribution in [0.4, 0.5) is 5.13 Å². The predicted molar refractivity (Wildman–Crippen MR) is 118 cm³/mol. The highest BCUT2D eigenvalue weighted by molar-refractivity contribution is 7.14. The van der Waals surface area contributed by atoms with Gasteiger partial charge in [-0.3, -0.25) is 14.9 Å². The Balaban J connectivity index is 1.44. The van der Waals surface area contributed by atoms with Crippen LogP contribution in [0, 0.1) is 0 Å². The quantitative estimate of drug-likeness (QED) is 0.399. The number of esters is 1. The lowest BCUT2D eigenvalue weighted by molar-refractivity contribution is -0.149. The highest BCUT2D eigenvalue weighted by atomic mass is 32.1. The molecule has 0 fully saturated rings. The van der Waals surface area contributed by atoms with Crippen molar-refractivity contribution in [2.24, 2.45) is 0 Å². The molecular weight excluding hydrogens is 416 g/mol. The molecule has 0 bridgehead atoms. The van der Waals surface area contributed by atoms with Crippen molar-refractivity contribution in [1.82, 2.24) is 4.98 Å². The van der Waals surface area contributed by atoms with E-state index in [0.29, 0.717) is 16.4 Å². The first-order valence-corrected chi connectivity index (χ1v) is 10.6. The normalized spacial score (nSPS) is 10.4. The zero-order chi connectivity index (χ0) is 22.2. The van der Waals surface area contributed by atoms with E-state index in [0.717, 1.165) is 17.7 Å². The van der Waals surface area contributed by atoms with Crippen LogP contribution in [0.2, 0.25) is 0 Å². The van der Waals surface area contributed by atoms with E-state index >= 15 is 0 Å².